The van der Waals surface area contributed by atoms with Gasteiger partial charge in [0.05, 0.1) is 0 Å². The zero-order valence-corrected chi connectivity index (χ0v) is 16.5. The van der Waals surface area contributed by atoms with Crippen LogP contribution in [0.4, 0.5) is 14.5 Å². The van der Waals surface area contributed by atoms with Crippen LogP contribution in [0.1, 0.15) is 5.56 Å². The summed E-state index contributed by atoms with van der Waals surface area (Å²) in [7, 11) is 0. The largest absolute Gasteiger partial charge is 0.502 e. The lowest BCUT2D eigenvalue weighted by molar-refractivity contribution is -0.575. The molecule has 3 aromatic rings. The molecule has 0 aliphatic carbocycles. The Balaban J connectivity index is 1.94. The van der Waals surface area contributed by atoms with E-state index in [1.807, 2.05) is 6.07 Å². The number of aliphatic hydroxyl groups is 1. The molecule has 0 aliphatic rings. The summed E-state index contributed by atoms with van der Waals surface area (Å²) < 4.78 is 30.6. The van der Waals surface area contributed by atoms with Gasteiger partial charge in [-0.05, 0) is 36.4 Å². The molecule has 0 saturated carbocycles. The zero-order chi connectivity index (χ0) is 20.8. The molecule has 1 aromatic heterocycles. The molecular formula is C21H16ClF2N2O2S+. The van der Waals surface area contributed by atoms with Crippen LogP contribution < -0.4 is 14.6 Å². The Kier molecular flexibility index (Phi) is 6.74. The lowest BCUT2D eigenvalue weighted by atomic mass is 10.1. The van der Waals surface area contributed by atoms with Gasteiger partial charge in [-0.25, -0.2) is 0 Å². The van der Waals surface area contributed by atoms with Crippen molar-refractivity contribution in [2.24, 2.45) is 0 Å². The highest BCUT2D eigenvalue weighted by molar-refractivity contribution is 7.81. The maximum Gasteiger partial charge on any atom is 0.387 e. The van der Waals surface area contributed by atoms with Crippen molar-refractivity contribution in [3.8, 4) is 5.75 Å². The van der Waals surface area contributed by atoms with Gasteiger partial charge in [0.2, 0.25) is 0 Å². The Morgan fingerprint density at radius 3 is 2.34 bits per heavy atom. The maximum absolute atomic E-state index is 12.3. The Hall–Kier alpha value is -3.03. The second-order valence-corrected chi connectivity index (χ2v) is 6.69. The zero-order valence-electron chi connectivity index (χ0n) is 14.9. The Labute approximate surface area is 176 Å². The molecular weight excluding hydrogens is 418 g/mol. The van der Waals surface area contributed by atoms with Crippen LogP contribution in [0.15, 0.2) is 79.1 Å². The molecule has 8 heteroatoms. The molecule has 0 radical (unpaired) electrons. The highest BCUT2D eigenvalue weighted by Crippen LogP contribution is 2.23. The third-order valence-electron chi connectivity index (χ3n) is 3.85. The van der Waals surface area contributed by atoms with Crippen molar-refractivity contribution in [2.45, 2.75) is 6.61 Å². The van der Waals surface area contributed by atoms with Crippen molar-refractivity contribution in [1.82, 2.24) is 0 Å². The number of aromatic nitrogens is 1. The van der Waals surface area contributed by atoms with E-state index < -0.39 is 6.61 Å². The van der Waals surface area contributed by atoms with Crippen molar-refractivity contribution in [3.05, 3.63) is 89.7 Å². The molecule has 0 atom stereocenters. The van der Waals surface area contributed by atoms with Crippen molar-refractivity contribution >= 4 is 46.0 Å². The fourth-order valence-corrected chi connectivity index (χ4v) is 3.09. The van der Waals surface area contributed by atoms with Gasteiger partial charge in [0.25, 0.3) is 5.70 Å². The summed E-state index contributed by atoms with van der Waals surface area (Å²) in [5, 5.41) is 14.4. The Morgan fingerprint density at radius 1 is 1.03 bits per heavy atom. The average Bonchev–Trinajstić information content (AvgIpc) is 2.70. The number of thiocarbonyl (C=S) groups is 1. The molecule has 0 saturated heterocycles. The van der Waals surface area contributed by atoms with E-state index in [1.54, 1.807) is 65.5 Å². The summed E-state index contributed by atoms with van der Waals surface area (Å²) in [6.45, 7) is -2.89. The third-order valence-corrected chi connectivity index (χ3v) is 4.38. The monoisotopic (exact) mass is 433 g/mol. The minimum Gasteiger partial charge on any atom is -0.502 e. The number of alkyl halides is 2. The SMILES string of the molecule is O/C(=C(\C(=S)Nc1ccc(OC(F)F)cc1)[n+]1ccccc1)c1cccc(Cl)c1. The first kappa shape index (κ1) is 20.7. The van der Waals surface area contributed by atoms with Crippen LogP contribution in [-0.4, -0.2) is 16.7 Å². The molecule has 0 spiro atoms. The smallest absolute Gasteiger partial charge is 0.387 e. The van der Waals surface area contributed by atoms with Crippen LogP contribution in [0.25, 0.3) is 11.5 Å². The number of hydrogen-bond acceptors (Lipinski definition) is 3. The molecule has 3 rings (SSSR count). The van der Waals surface area contributed by atoms with Gasteiger partial charge < -0.3 is 15.2 Å². The minimum atomic E-state index is -2.89. The summed E-state index contributed by atoms with van der Waals surface area (Å²) in [5.41, 5.74) is 1.37. The van der Waals surface area contributed by atoms with Gasteiger partial charge in [0, 0.05) is 28.4 Å². The van der Waals surface area contributed by atoms with Gasteiger partial charge in [0.15, 0.2) is 23.1 Å². The van der Waals surface area contributed by atoms with Gasteiger partial charge in [0.1, 0.15) is 5.75 Å². The van der Waals surface area contributed by atoms with Crippen LogP contribution in [-0.2, 0) is 0 Å². The summed E-state index contributed by atoms with van der Waals surface area (Å²) in [6, 6.07) is 18.1. The van der Waals surface area contributed by atoms with Crippen LogP contribution in [0, 0.1) is 0 Å². The van der Waals surface area contributed by atoms with Crippen molar-refractivity contribution in [1.29, 1.82) is 0 Å². The Bertz CT molecular complexity index is 1030. The van der Waals surface area contributed by atoms with Crippen LogP contribution in [0.5, 0.6) is 5.75 Å². The minimum absolute atomic E-state index is 0.0337. The fraction of sp³-hybridized carbons (Fsp3) is 0.0476. The molecule has 0 fully saturated rings. The number of anilines is 1. The molecule has 4 nitrogen and oxygen atoms in total. The van der Waals surface area contributed by atoms with E-state index in [4.69, 9.17) is 23.8 Å². The number of ether oxygens (including phenoxy) is 1. The topological polar surface area (TPSA) is 45.4 Å². The summed E-state index contributed by atoms with van der Waals surface area (Å²) in [5.74, 6) is -0.0368. The second kappa shape index (κ2) is 9.45. The number of benzene rings is 2. The lowest BCUT2D eigenvalue weighted by Gasteiger charge is -2.11. The number of nitrogens with one attached hydrogen (secondary N) is 1. The highest BCUT2D eigenvalue weighted by Gasteiger charge is 2.23. The number of hydrogen-bond donors (Lipinski definition) is 2. The molecule has 1 heterocycles. The standard InChI is InChI=1S/C21H15ClF2N2O2S/c22-15-6-4-5-14(13-15)19(27)18(26-11-2-1-3-12-26)20(29)25-16-7-9-17(10-8-16)28-21(23)24/h1-13,21H,(H-,25,27,29)/p+1. The van der Waals surface area contributed by atoms with Crippen molar-refractivity contribution < 1.29 is 23.2 Å². The van der Waals surface area contributed by atoms with Gasteiger partial charge in [-0.1, -0.05) is 42.0 Å². The molecule has 29 heavy (non-hydrogen) atoms. The Morgan fingerprint density at radius 2 is 1.72 bits per heavy atom. The lowest BCUT2D eigenvalue weighted by Crippen LogP contribution is -2.38. The number of nitrogens with zero attached hydrogens (tertiary/aromatic N) is 1. The molecule has 2 N–H and O–H groups in total. The highest BCUT2D eigenvalue weighted by atomic mass is 35.5. The van der Waals surface area contributed by atoms with E-state index in [-0.39, 0.29) is 16.5 Å². The molecule has 0 aliphatic heterocycles. The molecule has 0 amide bonds. The predicted molar refractivity (Wildman–Crippen MR) is 113 cm³/mol. The van der Waals surface area contributed by atoms with E-state index >= 15 is 0 Å². The summed E-state index contributed by atoms with van der Waals surface area (Å²) in [4.78, 5) is 0.223. The van der Waals surface area contributed by atoms with Gasteiger partial charge in [-0.3, -0.25) is 0 Å². The quantitative estimate of drug-likeness (QED) is 0.231. The maximum atomic E-state index is 12.3. The van der Waals surface area contributed by atoms with Crippen LogP contribution >= 0.6 is 23.8 Å². The summed E-state index contributed by atoms with van der Waals surface area (Å²) >= 11 is 11.6. The predicted octanol–water partition coefficient (Wildman–Crippen LogP) is 5.55. The van der Waals surface area contributed by atoms with E-state index in [0.29, 0.717) is 22.0 Å². The van der Waals surface area contributed by atoms with Crippen molar-refractivity contribution in [2.75, 3.05) is 5.32 Å². The molecule has 2 aromatic carbocycles. The second-order valence-electron chi connectivity index (χ2n) is 5.85. The third kappa shape index (κ3) is 5.49. The molecule has 0 unspecified atom stereocenters. The first-order valence-corrected chi connectivity index (χ1v) is 9.25. The number of halogens is 3. The van der Waals surface area contributed by atoms with Crippen molar-refractivity contribution in [3.63, 3.8) is 0 Å². The number of pyridine rings is 1. The molecule has 0 bridgehead atoms. The first-order valence-electron chi connectivity index (χ1n) is 8.46. The fourth-order valence-electron chi connectivity index (χ4n) is 2.58. The number of rotatable bonds is 6. The van der Waals surface area contributed by atoms with E-state index in [0.717, 1.165) is 0 Å². The van der Waals surface area contributed by atoms with E-state index in [2.05, 4.69) is 10.1 Å². The summed E-state index contributed by atoms with van der Waals surface area (Å²) in [6.07, 6.45) is 3.48. The molecule has 148 valence electrons. The normalized spacial score (nSPS) is 11.7. The van der Waals surface area contributed by atoms with Crippen LogP contribution in [0.3, 0.4) is 0 Å². The average molecular weight is 434 g/mol. The van der Waals surface area contributed by atoms with Gasteiger partial charge >= 0.3 is 6.61 Å². The van der Waals surface area contributed by atoms with E-state index in [9.17, 15) is 13.9 Å². The van der Waals surface area contributed by atoms with Gasteiger partial charge in [-0.15, -0.1) is 0 Å². The first-order chi connectivity index (χ1) is 13.9. The number of aliphatic hydroxyl groups excluding tert-OH is 1. The van der Waals surface area contributed by atoms with Gasteiger partial charge in [-0.2, -0.15) is 13.3 Å². The van der Waals surface area contributed by atoms with Crippen LogP contribution in [0.2, 0.25) is 5.02 Å². The van der Waals surface area contributed by atoms with E-state index in [1.165, 1.54) is 12.1 Å².